The molecule has 1 unspecified atom stereocenters. The Bertz CT molecular complexity index is 445. The Labute approximate surface area is 96.6 Å². The molecule has 0 radical (unpaired) electrons. The van der Waals surface area contributed by atoms with E-state index in [9.17, 15) is 9.59 Å². The molecular formula is C9H13N3O5. The predicted octanol–water partition coefficient (Wildman–Crippen LogP) is -0.710. The van der Waals surface area contributed by atoms with E-state index in [1.54, 1.807) is 0 Å². The molecule has 1 heterocycles. The Balaban J connectivity index is 2.96. The van der Waals surface area contributed by atoms with E-state index in [4.69, 9.17) is 14.6 Å². The summed E-state index contributed by atoms with van der Waals surface area (Å²) in [5, 5.41) is 11.5. The number of aromatic nitrogens is 2. The van der Waals surface area contributed by atoms with Crippen molar-refractivity contribution < 1.29 is 19.4 Å². The summed E-state index contributed by atoms with van der Waals surface area (Å²) in [7, 11) is 2.67. The van der Waals surface area contributed by atoms with E-state index >= 15 is 0 Å². The van der Waals surface area contributed by atoms with Crippen LogP contribution in [0.5, 0.6) is 5.75 Å². The Hall–Kier alpha value is -2.09. The van der Waals surface area contributed by atoms with Crippen LogP contribution in [-0.2, 0) is 9.53 Å². The van der Waals surface area contributed by atoms with Crippen LogP contribution in [0.3, 0.4) is 0 Å². The summed E-state index contributed by atoms with van der Waals surface area (Å²) < 4.78 is 9.58. The number of H-pyrrole nitrogens is 1. The summed E-state index contributed by atoms with van der Waals surface area (Å²) in [4.78, 5) is 28.3. The highest BCUT2D eigenvalue weighted by Crippen LogP contribution is 2.15. The average Bonchev–Trinajstić information content (AvgIpc) is 2.28. The van der Waals surface area contributed by atoms with Gasteiger partial charge in [-0.3, -0.25) is 4.79 Å². The van der Waals surface area contributed by atoms with E-state index in [0.29, 0.717) is 0 Å². The SMILES string of the molecule is COCC(Nc1nc[nH]c(=O)c1OC)C(=O)O. The highest BCUT2D eigenvalue weighted by atomic mass is 16.5. The molecule has 0 aliphatic heterocycles. The molecule has 0 aliphatic rings. The number of carbonyl (C=O) groups is 1. The van der Waals surface area contributed by atoms with Crippen LogP contribution >= 0.6 is 0 Å². The van der Waals surface area contributed by atoms with Gasteiger partial charge in [-0.15, -0.1) is 0 Å². The van der Waals surface area contributed by atoms with Crippen molar-refractivity contribution in [3.05, 3.63) is 16.7 Å². The fraction of sp³-hybridized carbons (Fsp3) is 0.444. The van der Waals surface area contributed by atoms with Gasteiger partial charge in [0.2, 0.25) is 5.75 Å². The van der Waals surface area contributed by atoms with E-state index in [2.05, 4.69) is 15.3 Å². The number of aliphatic carboxylic acids is 1. The fourth-order valence-electron chi connectivity index (χ4n) is 1.19. The van der Waals surface area contributed by atoms with Crippen molar-refractivity contribution >= 4 is 11.8 Å². The minimum Gasteiger partial charge on any atom is -0.489 e. The third-order valence-corrected chi connectivity index (χ3v) is 1.96. The third kappa shape index (κ3) is 3.18. The predicted molar refractivity (Wildman–Crippen MR) is 58.3 cm³/mol. The molecule has 0 fully saturated rings. The van der Waals surface area contributed by atoms with Crippen LogP contribution in [0, 0.1) is 0 Å². The minimum absolute atomic E-state index is 0.0562. The Morgan fingerprint density at radius 1 is 1.65 bits per heavy atom. The molecule has 0 aliphatic carbocycles. The third-order valence-electron chi connectivity index (χ3n) is 1.96. The largest absolute Gasteiger partial charge is 0.489 e. The van der Waals surface area contributed by atoms with Crippen LogP contribution in [0.15, 0.2) is 11.1 Å². The number of ether oxygens (including phenoxy) is 2. The molecule has 0 saturated heterocycles. The van der Waals surface area contributed by atoms with E-state index in [1.165, 1.54) is 14.2 Å². The van der Waals surface area contributed by atoms with Crippen LogP contribution in [0.4, 0.5) is 5.82 Å². The average molecular weight is 243 g/mol. The molecule has 0 aromatic carbocycles. The minimum atomic E-state index is -1.11. The lowest BCUT2D eigenvalue weighted by Gasteiger charge is -2.15. The summed E-state index contributed by atoms with van der Waals surface area (Å²) >= 11 is 0. The summed E-state index contributed by atoms with van der Waals surface area (Å²) in [6.45, 7) is -0.0625. The normalized spacial score (nSPS) is 11.9. The molecule has 8 heteroatoms. The van der Waals surface area contributed by atoms with Gasteiger partial charge in [0.15, 0.2) is 5.82 Å². The van der Waals surface area contributed by atoms with Crippen LogP contribution in [0.1, 0.15) is 0 Å². The molecular weight excluding hydrogens is 230 g/mol. The summed E-state index contributed by atoms with van der Waals surface area (Å²) in [6, 6.07) is -1.01. The van der Waals surface area contributed by atoms with Crippen LogP contribution in [0.25, 0.3) is 0 Å². The second-order valence-electron chi connectivity index (χ2n) is 3.10. The first-order valence-corrected chi connectivity index (χ1v) is 4.70. The fourth-order valence-corrected chi connectivity index (χ4v) is 1.19. The van der Waals surface area contributed by atoms with Crippen molar-refractivity contribution in [1.82, 2.24) is 9.97 Å². The highest BCUT2D eigenvalue weighted by molar-refractivity contribution is 5.77. The number of hydrogen-bond donors (Lipinski definition) is 3. The zero-order valence-corrected chi connectivity index (χ0v) is 9.39. The topological polar surface area (TPSA) is 114 Å². The molecule has 3 N–H and O–H groups in total. The summed E-state index contributed by atoms with van der Waals surface area (Å²) in [6.07, 6.45) is 1.15. The standard InChI is InChI=1S/C9H13N3O5/c1-16-3-5(9(14)15)12-7-6(17-2)8(13)11-4-10-7/h4-5H,3H2,1-2H3,(H,14,15)(H2,10,11,12,13). The molecule has 0 saturated carbocycles. The van der Waals surface area contributed by atoms with E-state index in [1.807, 2.05) is 0 Å². The first-order chi connectivity index (χ1) is 8.10. The molecule has 1 aromatic rings. The van der Waals surface area contributed by atoms with E-state index in [0.717, 1.165) is 6.33 Å². The van der Waals surface area contributed by atoms with Crippen molar-refractivity contribution in [3.63, 3.8) is 0 Å². The molecule has 0 amide bonds. The van der Waals surface area contributed by atoms with Crippen molar-refractivity contribution in [2.45, 2.75) is 6.04 Å². The van der Waals surface area contributed by atoms with E-state index < -0.39 is 17.6 Å². The Morgan fingerprint density at radius 2 is 2.35 bits per heavy atom. The zero-order valence-electron chi connectivity index (χ0n) is 9.39. The number of hydrogen-bond acceptors (Lipinski definition) is 6. The van der Waals surface area contributed by atoms with Gasteiger partial charge in [-0.05, 0) is 0 Å². The van der Waals surface area contributed by atoms with Crippen LogP contribution < -0.4 is 15.6 Å². The maximum atomic E-state index is 11.3. The number of anilines is 1. The lowest BCUT2D eigenvalue weighted by Crippen LogP contribution is -2.34. The number of carboxylic acid groups (broad SMARTS) is 1. The van der Waals surface area contributed by atoms with E-state index in [-0.39, 0.29) is 18.2 Å². The number of nitrogens with zero attached hydrogens (tertiary/aromatic N) is 1. The lowest BCUT2D eigenvalue weighted by molar-refractivity contribution is -0.139. The van der Waals surface area contributed by atoms with Crippen LogP contribution in [-0.4, -0.2) is 47.9 Å². The smallest absolute Gasteiger partial charge is 0.328 e. The maximum Gasteiger partial charge on any atom is 0.328 e. The first kappa shape index (κ1) is 13.0. The molecule has 0 bridgehead atoms. The van der Waals surface area contributed by atoms with Gasteiger partial charge in [-0.1, -0.05) is 0 Å². The molecule has 17 heavy (non-hydrogen) atoms. The second-order valence-corrected chi connectivity index (χ2v) is 3.10. The number of rotatable bonds is 6. The molecule has 1 rings (SSSR count). The van der Waals surface area contributed by atoms with Gasteiger partial charge in [0, 0.05) is 7.11 Å². The van der Waals surface area contributed by atoms with Crippen LogP contribution in [0.2, 0.25) is 0 Å². The number of aromatic amines is 1. The number of methoxy groups -OCH3 is 2. The Kier molecular flexibility index (Phi) is 4.46. The summed E-state index contributed by atoms with van der Waals surface area (Å²) in [5.41, 5.74) is -0.494. The van der Waals surface area contributed by atoms with Gasteiger partial charge in [-0.2, -0.15) is 0 Å². The van der Waals surface area contributed by atoms with Gasteiger partial charge in [0.25, 0.3) is 5.56 Å². The first-order valence-electron chi connectivity index (χ1n) is 4.70. The van der Waals surface area contributed by atoms with Gasteiger partial charge >= 0.3 is 5.97 Å². The van der Waals surface area contributed by atoms with Gasteiger partial charge in [-0.25, -0.2) is 9.78 Å². The Morgan fingerprint density at radius 3 is 2.88 bits per heavy atom. The lowest BCUT2D eigenvalue weighted by atomic mass is 10.3. The molecule has 94 valence electrons. The quantitative estimate of drug-likeness (QED) is 0.604. The van der Waals surface area contributed by atoms with Gasteiger partial charge in [0.05, 0.1) is 20.0 Å². The number of carboxylic acids is 1. The second kappa shape index (κ2) is 5.85. The van der Waals surface area contributed by atoms with Crippen molar-refractivity contribution in [3.8, 4) is 5.75 Å². The van der Waals surface area contributed by atoms with Gasteiger partial charge in [0.1, 0.15) is 6.04 Å². The number of nitrogens with one attached hydrogen (secondary N) is 2. The molecule has 8 nitrogen and oxygen atoms in total. The highest BCUT2D eigenvalue weighted by Gasteiger charge is 2.20. The zero-order chi connectivity index (χ0) is 12.8. The maximum absolute atomic E-state index is 11.3. The van der Waals surface area contributed by atoms with Crippen molar-refractivity contribution in [2.24, 2.45) is 0 Å². The molecule has 0 spiro atoms. The monoisotopic (exact) mass is 243 g/mol. The van der Waals surface area contributed by atoms with Crippen molar-refractivity contribution in [1.29, 1.82) is 0 Å². The summed E-state index contributed by atoms with van der Waals surface area (Å²) in [5.74, 6) is -1.13. The van der Waals surface area contributed by atoms with Gasteiger partial charge < -0.3 is 24.9 Å². The van der Waals surface area contributed by atoms with Crippen molar-refractivity contribution in [2.75, 3.05) is 26.1 Å². The molecule has 1 atom stereocenters. The molecule has 1 aromatic heterocycles.